The van der Waals surface area contributed by atoms with Gasteiger partial charge in [0, 0.05) is 11.9 Å². The summed E-state index contributed by atoms with van der Waals surface area (Å²) in [6.45, 7) is 4.51. The van der Waals surface area contributed by atoms with Crippen LogP contribution in [0.25, 0.3) is 0 Å². The van der Waals surface area contributed by atoms with Crippen molar-refractivity contribution in [2.24, 2.45) is 10.9 Å². The number of nitrogens with zero attached hydrogens (tertiary/aromatic N) is 1. The smallest absolute Gasteiger partial charge is 0.0360 e. The molecule has 62 valence electrons. The van der Waals surface area contributed by atoms with Crippen molar-refractivity contribution >= 4 is 6.21 Å². The highest BCUT2D eigenvalue weighted by Crippen LogP contribution is 2.15. The van der Waals surface area contributed by atoms with E-state index in [4.69, 9.17) is 0 Å². The van der Waals surface area contributed by atoms with Gasteiger partial charge in [0.15, 0.2) is 0 Å². The van der Waals surface area contributed by atoms with Crippen molar-refractivity contribution in [2.75, 3.05) is 0 Å². The molecule has 0 spiro atoms. The molecule has 0 saturated heterocycles. The SMILES string of the molecule is CC(C)CCC1=CCCC=N1. The average Bonchev–Trinajstić information content (AvgIpc) is 2.03. The Balaban J connectivity index is 2.25. The van der Waals surface area contributed by atoms with Gasteiger partial charge in [0.2, 0.25) is 0 Å². The van der Waals surface area contributed by atoms with Crippen LogP contribution in [0.4, 0.5) is 0 Å². The molecule has 0 amide bonds. The van der Waals surface area contributed by atoms with E-state index in [1.165, 1.54) is 18.5 Å². The van der Waals surface area contributed by atoms with E-state index in [1.807, 2.05) is 6.21 Å². The van der Waals surface area contributed by atoms with Gasteiger partial charge >= 0.3 is 0 Å². The van der Waals surface area contributed by atoms with Crippen LogP contribution in [-0.4, -0.2) is 6.21 Å². The summed E-state index contributed by atoms with van der Waals surface area (Å²) >= 11 is 0. The summed E-state index contributed by atoms with van der Waals surface area (Å²) in [4.78, 5) is 4.34. The fourth-order valence-corrected chi connectivity index (χ4v) is 1.16. The van der Waals surface area contributed by atoms with Gasteiger partial charge in [-0.25, -0.2) is 0 Å². The molecule has 0 radical (unpaired) electrons. The lowest BCUT2D eigenvalue weighted by atomic mass is 10.1. The zero-order valence-electron chi connectivity index (χ0n) is 7.51. The minimum Gasteiger partial charge on any atom is -0.266 e. The Hall–Kier alpha value is -0.590. The third kappa shape index (κ3) is 3.35. The van der Waals surface area contributed by atoms with Crippen molar-refractivity contribution in [1.82, 2.24) is 0 Å². The molecule has 0 aliphatic carbocycles. The van der Waals surface area contributed by atoms with Crippen LogP contribution >= 0.6 is 0 Å². The molecule has 1 aliphatic heterocycles. The van der Waals surface area contributed by atoms with Gasteiger partial charge in [-0.15, -0.1) is 0 Å². The molecule has 1 heteroatoms. The molecular weight excluding hydrogens is 134 g/mol. The molecule has 0 aromatic heterocycles. The topological polar surface area (TPSA) is 12.4 Å². The summed E-state index contributed by atoms with van der Waals surface area (Å²) in [5.74, 6) is 0.799. The second kappa shape index (κ2) is 4.32. The number of aliphatic imine (C=N–C) groups is 1. The first kappa shape index (κ1) is 8.51. The van der Waals surface area contributed by atoms with Gasteiger partial charge in [-0.2, -0.15) is 0 Å². The van der Waals surface area contributed by atoms with E-state index >= 15 is 0 Å². The summed E-state index contributed by atoms with van der Waals surface area (Å²) in [5.41, 5.74) is 1.30. The molecule has 0 fully saturated rings. The molecular formula is C10H17N. The first-order valence-electron chi connectivity index (χ1n) is 4.50. The predicted molar refractivity (Wildman–Crippen MR) is 49.9 cm³/mol. The van der Waals surface area contributed by atoms with Gasteiger partial charge in [-0.3, -0.25) is 4.99 Å². The zero-order chi connectivity index (χ0) is 8.10. The Morgan fingerprint density at radius 3 is 2.82 bits per heavy atom. The summed E-state index contributed by atoms with van der Waals surface area (Å²) < 4.78 is 0. The van der Waals surface area contributed by atoms with E-state index in [0.29, 0.717) is 0 Å². The zero-order valence-corrected chi connectivity index (χ0v) is 7.51. The normalized spacial score (nSPS) is 17.2. The maximum absolute atomic E-state index is 4.34. The van der Waals surface area contributed by atoms with Crippen LogP contribution < -0.4 is 0 Å². The minimum atomic E-state index is 0.799. The predicted octanol–water partition coefficient (Wildman–Crippen LogP) is 3.17. The van der Waals surface area contributed by atoms with E-state index in [9.17, 15) is 0 Å². The molecule has 1 rings (SSSR count). The maximum atomic E-state index is 4.34. The number of rotatable bonds is 3. The third-order valence-electron chi connectivity index (χ3n) is 1.91. The van der Waals surface area contributed by atoms with Crippen molar-refractivity contribution in [1.29, 1.82) is 0 Å². The standard InChI is InChI=1S/C10H17N/c1-9(2)6-7-10-5-3-4-8-11-10/h5,8-9H,3-4,6-7H2,1-2H3. The molecule has 0 unspecified atom stereocenters. The second-order valence-corrected chi connectivity index (χ2v) is 3.52. The van der Waals surface area contributed by atoms with Crippen LogP contribution in [0.15, 0.2) is 16.8 Å². The van der Waals surface area contributed by atoms with E-state index in [0.717, 1.165) is 18.8 Å². The van der Waals surface area contributed by atoms with Crippen LogP contribution in [0.3, 0.4) is 0 Å². The quantitative estimate of drug-likeness (QED) is 0.587. The Kier molecular flexibility index (Phi) is 3.34. The number of allylic oxidation sites excluding steroid dienone is 2. The van der Waals surface area contributed by atoms with Crippen molar-refractivity contribution in [3.63, 3.8) is 0 Å². The van der Waals surface area contributed by atoms with E-state index < -0.39 is 0 Å². The van der Waals surface area contributed by atoms with Gasteiger partial charge in [0.05, 0.1) is 0 Å². The Morgan fingerprint density at radius 2 is 2.27 bits per heavy atom. The van der Waals surface area contributed by atoms with Crippen molar-refractivity contribution in [3.05, 3.63) is 11.8 Å². The van der Waals surface area contributed by atoms with Crippen molar-refractivity contribution in [3.8, 4) is 0 Å². The summed E-state index contributed by atoms with van der Waals surface area (Å²) in [7, 11) is 0. The molecule has 0 bridgehead atoms. The Morgan fingerprint density at radius 1 is 1.45 bits per heavy atom. The van der Waals surface area contributed by atoms with Gasteiger partial charge in [0.25, 0.3) is 0 Å². The highest BCUT2D eigenvalue weighted by molar-refractivity contribution is 5.60. The number of hydrogen-bond acceptors (Lipinski definition) is 1. The molecule has 0 atom stereocenters. The van der Waals surface area contributed by atoms with Crippen LogP contribution in [0.2, 0.25) is 0 Å². The van der Waals surface area contributed by atoms with E-state index in [-0.39, 0.29) is 0 Å². The average molecular weight is 151 g/mol. The molecule has 0 aromatic carbocycles. The molecule has 0 aromatic rings. The fourth-order valence-electron chi connectivity index (χ4n) is 1.16. The Bertz CT molecular complexity index is 166. The van der Waals surface area contributed by atoms with Crippen LogP contribution in [-0.2, 0) is 0 Å². The van der Waals surface area contributed by atoms with Gasteiger partial charge in [0.1, 0.15) is 0 Å². The van der Waals surface area contributed by atoms with Gasteiger partial charge in [-0.1, -0.05) is 19.9 Å². The van der Waals surface area contributed by atoms with Crippen molar-refractivity contribution in [2.45, 2.75) is 39.5 Å². The highest BCUT2D eigenvalue weighted by Gasteiger charge is 2.00. The molecule has 0 N–H and O–H groups in total. The third-order valence-corrected chi connectivity index (χ3v) is 1.91. The second-order valence-electron chi connectivity index (χ2n) is 3.52. The Labute approximate surface area is 69.2 Å². The summed E-state index contributed by atoms with van der Waals surface area (Å²) in [6, 6.07) is 0. The van der Waals surface area contributed by atoms with E-state index in [1.54, 1.807) is 0 Å². The van der Waals surface area contributed by atoms with E-state index in [2.05, 4.69) is 24.9 Å². The maximum Gasteiger partial charge on any atom is 0.0360 e. The molecule has 1 nitrogen and oxygen atoms in total. The lowest BCUT2D eigenvalue weighted by Gasteiger charge is -2.07. The lowest BCUT2D eigenvalue weighted by Crippen LogP contribution is -1.92. The monoisotopic (exact) mass is 151 g/mol. The van der Waals surface area contributed by atoms with Crippen LogP contribution in [0, 0.1) is 5.92 Å². The van der Waals surface area contributed by atoms with Gasteiger partial charge in [-0.05, 0) is 31.6 Å². The summed E-state index contributed by atoms with van der Waals surface area (Å²) in [5, 5.41) is 0. The molecule has 1 aliphatic rings. The molecule has 11 heavy (non-hydrogen) atoms. The summed E-state index contributed by atoms with van der Waals surface area (Å²) in [6.07, 6.45) is 9.05. The number of hydrogen-bond donors (Lipinski definition) is 0. The minimum absolute atomic E-state index is 0.799. The first-order chi connectivity index (χ1) is 5.29. The van der Waals surface area contributed by atoms with Crippen molar-refractivity contribution < 1.29 is 0 Å². The van der Waals surface area contributed by atoms with Gasteiger partial charge < -0.3 is 0 Å². The molecule has 0 saturated carbocycles. The highest BCUT2D eigenvalue weighted by atomic mass is 14.7. The fraction of sp³-hybridized carbons (Fsp3) is 0.700. The first-order valence-corrected chi connectivity index (χ1v) is 4.50. The molecule has 1 heterocycles. The lowest BCUT2D eigenvalue weighted by molar-refractivity contribution is 0.581. The largest absolute Gasteiger partial charge is 0.266 e. The van der Waals surface area contributed by atoms with Crippen LogP contribution in [0.5, 0.6) is 0 Å². The van der Waals surface area contributed by atoms with Crippen LogP contribution in [0.1, 0.15) is 39.5 Å².